The Balaban J connectivity index is 2.21. The van der Waals surface area contributed by atoms with Gasteiger partial charge in [-0.3, -0.25) is 4.68 Å². The molecule has 3 heterocycles. The van der Waals surface area contributed by atoms with Gasteiger partial charge in [0, 0.05) is 19.0 Å². The lowest BCUT2D eigenvalue weighted by atomic mass is 10.1. The fourth-order valence-corrected chi connectivity index (χ4v) is 2.40. The molecule has 0 saturated carbocycles. The monoisotopic (exact) mass is 262 g/mol. The van der Waals surface area contributed by atoms with E-state index in [9.17, 15) is 9.90 Å². The van der Waals surface area contributed by atoms with E-state index in [4.69, 9.17) is 4.74 Å². The molecule has 7 nitrogen and oxygen atoms in total. The van der Waals surface area contributed by atoms with Gasteiger partial charge < -0.3 is 9.84 Å². The van der Waals surface area contributed by atoms with E-state index >= 15 is 0 Å². The van der Waals surface area contributed by atoms with Gasteiger partial charge >= 0.3 is 5.97 Å². The Morgan fingerprint density at radius 3 is 2.89 bits per heavy atom. The minimum Gasteiger partial charge on any atom is -0.476 e. The van der Waals surface area contributed by atoms with E-state index in [1.807, 2.05) is 20.2 Å². The molecule has 2 aromatic rings. The van der Waals surface area contributed by atoms with Crippen LogP contribution in [-0.4, -0.2) is 37.2 Å². The third-order valence-corrected chi connectivity index (χ3v) is 3.24. The Hall–Kier alpha value is -2.15. The number of carbonyl (C=O) groups is 1. The van der Waals surface area contributed by atoms with Crippen LogP contribution < -0.4 is 0 Å². The number of hydrogen-bond acceptors (Lipinski definition) is 4. The van der Waals surface area contributed by atoms with E-state index in [2.05, 4.69) is 10.2 Å². The summed E-state index contributed by atoms with van der Waals surface area (Å²) in [7, 11) is 1.83. The number of rotatable bonds is 2. The molecule has 0 aromatic carbocycles. The number of carboxylic acids is 1. The quantitative estimate of drug-likeness (QED) is 0.860. The van der Waals surface area contributed by atoms with Crippen molar-refractivity contribution in [3.05, 3.63) is 28.8 Å². The maximum absolute atomic E-state index is 11.3. The van der Waals surface area contributed by atoms with Crippen molar-refractivity contribution < 1.29 is 14.6 Å². The zero-order chi connectivity index (χ0) is 13.6. The fourth-order valence-electron chi connectivity index (χ4n) is 2.40. The topological polar surface area (TPSA) is 82.2 Å². The smallest absolute Gasteiger partial charge is 0.356 e. The van der Waals surface area contributed by atoms with Gasteiger partial charge in [-0.25, -0.2) is 9.48 Å². The molecule has 100 valence electrons. The highest BCUT2D eigenvalue weighted by molar-refractivity contribution is 5.87. The van der Waals surface area contributed by atoms with E-state index in [0.717, 1.165) is 17.1 Å². The molecule has 0 atom stereocenters. The molecule has 19 heavy (non-hydrogen) atoms. The van der Waals surface area contributed by atoms with Crippen molar-refractivity contribution in [1.29, 1.82) is 0 Å². The van der Waals surface area contributed by atoms with Crippen molar-refractivity contribution in [2.45, 2.75) is 20.0 Å². The number of nitrogens with zero attached hydrogens (tertiary/aromatic N) is 4. The largest absolute Gasteiger partial charge is 0.476 e. The summed E-state index contributed by atoms with van der Waals surface area (Å²) < 4.78 is 8.71. The molecule has 0 amide bonds. The molecule has 0 saturated heterocycles. The Bertz CT molecular complexity index is 656. The van der Waals surface area contributed by atoms with Gasteiger partial charge in [0.15, 0.2) is 5.69 Å². The first-order valence-corrected chi connectivity index (χ1v) is 6.00. The van der Waals surface area contributed by atoms with Crippen LogP contribution in [0.4, 0.5) is 0 Å². The number of ether oxygens (including phenoxy) is 1. The van der Waals surface area contributed by atoms with Crippen LogP contribution in [0, 0.1) is 6.92 Å². The maximum atomic E-state index is 11.3. The predicted molar refractivity (Wildman–Crippen MR) is 65.4 cm³/mol. The minimum atomic E-state index is -1.03. The lowest BCUT2D eigenvalue weighted by Gasteiger charge is -2.14. The van der Waals surface area contributed by atoms with Gasteiger partial charge in [-0.15, -0.1) is 0 Å². The molecule has 0 unspecified atom stereocenters. The first-order chi connectivity index (χ1) is 9.08. The summed E-state index contributed by atoms with van der Waals surface area (Å²) in [5.41, 5.74) is 3.27. The summed E-state index contributed by atoms with van der Waals surface area (Å²) in [6.07, 6.45) is 2.49. The van der Waals surface area contributed by atoms with Gasteiger partial charge in [0.05, 0.1) is 30.8 Å². The zero-order valence-corrected chi connectivity index (χ0v) is 10.8. The van der Waals surface area contributed by atoms with Crippen LogP contribution >= 0.6 is 0 Å². The van der Waals surface area contributed by atoms with Crippen molar-refractivity contribution in [3.8, 4) is 5.69 Å². The lowest BCUT2D eigenvalue weighted by molar-refractivity contribution is 0.0677. The first kappa shape index (κ1) is 11.9. The lowest BCUT2D eigenvalue weighted by Crippen LogP contribution is -2.13. The van der Waals surface area contributed by atoms with Gasteiger partial charge in [0.1, 0.15) is 5.69 Å². The highest BCUT2D eigenvalue weighted by atomic mass is 16.5. The van der Waals surface area contributed by atoms with E-state index < -0.39 is 5.97 Å². The standard InChI is InChI=1S/C12H14N4O3/c1-7-10(5-15(2)13-7)16-9-3-4-19-6-8(9)11(14-16)12(17)18/h5H,3-4,6H2,1-2H3,(H,17,18). The third kappa shape index (κ3) is 1.82. The predicted octanol–water partition coefficient (Wildman–Crippen LogP) is 0.685. The molecule has 7 heteroatoms. The van der Waals surface area contributed by atoms with Crippen LogP contribution in [0.2, 0.25) is 0 Å². The number of aromatic nitrogens is 4. The molecule has 1 aliphatic rings. The van der Waals surface area contributed by atoms with Crippen LogP contribution in [0.3, 0.4) is 0 Å². The van der Waals surface area contributed by atoms with E-state index in [1.165, 1.54) is 0 Å². The number of carboxylic acid groups (broad SMARTS) is 1. The van der Waals surface area contributed by atoms with Crippen molar-refractivity contribution in [2.75, 3.05) is 6.61 Å². The van der Waals surface area contributed by atoms with Crippen molar-refractivity contribution in [3.63, 3.8) is 0 Å². The number of hydrogen-bond donors (Lipinski definition) is 1. The average molecular weight is 262 g/mol. The summed E-state index contributed by atoms with van der Waals surface area (Å²) in [5.74, 6) is -1.03. The van der Waals surface area contributed by atoms with E-state index in [-0.39, 0.29) is 5.69 Å². The van der Waals surface area contributed by atoms with Gasteiger partial charge in [0.25, 0.3) is 0 Å². The zero-order valence-electron chi connectivity index (χ0n) is 10.8. The molecule has 0 aliphatic carbocycles. The number of aryl methyl sites for hydroxylation is 2. The van der Waals surface area contributed by atoms with Crippen LogP contribution in [0.1, 0.15) is 27.4 Å². The number of aromatic carboxylic acids is 1. The third-order valence-electron chi connectivity index (χ3n) is 3.24. The molecule has 1 N–H and O–H groups in total. The Kier molecular flexibility index (Phi) is 2.63. The Morgan fingerprint density at radius 2 is 2.26 bits per heavy atom. The van der Waals surface area contributed by atoms with Crippen LogP contribution in [0.5, 0.6) is 0 Å². The summed E-state index contributed by atoms with van der Waals surface area (Å²) in [6.45, 7) is 2.76. The van der Waals surface area contributed by atoms with Crippen molar-refractivity contribution in [1.82, 2.24) is 19.6 Å². The molecule has 1 aliphatic heterocycles. The molecule has 0 fully saturated rings. The summed E-state index contributed by atoms with van der Waals surface area (Å²) in [6, 6.07) is 0. The summed E-state index contributed by atoms with van der Waals surface area (Å²) in [4.78, 5) is 11.3. The molecule has 0 bridgehead atoms. The van der Waals surface area contributed by atoms with Crippen LogP contribution in [0.25, 0.3) is 5.69 Å². The van der Waals surface area contributed by atoms with Gasteiger partial charge in [-0.1, -0.05) is 0 Å². The first-order valence-electron chi connectivity index (χ1n) is 6.00. The summed E-state index contributed by atoms with van der Waals surface area (Å²) in [5, 5.41) is 17.7. The molecule has 0 radical (unpaired) electrons. The highest BCUT2D eigenvalue weighted by Gasteiger charge is 2.26. The second kappa shape index (κ2) is 4.20. The van der Waals surface area contributed by atoms with E-state index in [1.54, 1.807) is 9.36 Å². The maximum Gasteiger partial charge on any atom is 0.356 e. The SMILES string of the molecule is Cc1nn(C)cc1-n1nc(C(=O)O)c2c1CCOC2. The van der Waals surface area contributed by atoms with Crippen LogP contribution in [-0.2, 0) is 24.8 Å². The fraction of sp³-hybridized carbons (Fsp3) is 0.417. The molecule has 2 aromatic heterocycles. The number of fused-ring (bicyclic) bond motifs is 1. The van der Waals surface area contributed by atoms with Gasteiger partial charge in [-0.2, -0.15) is 10.2 Å². The molecular formula is C12H14N4O3. The molecular weight excluding hydrogens is 248 g/mol. The Labute approximate surface area is 109 Å². The highest BCUT2D eigenvalue weighted by Crippen LogP contribution is 2.25. The Morgan fingerprint density at radius 1 is 1.47 bits per heavy atom. The normalized spacial score (nSPS) is 14.4. The van der Waals surface area contributed by atoms with Crippen molar-refractivity contribution in [2.24, 2.45) is 7.05 Å². The van der Waals surface area contributed by atoms with Gasteiger partial charge in [0.2, 0.25) is 0 Å². The average Bonchev–Trinajstić information content (AvgIpc) is 2.89. The second-order valence-corrected chi connectivity index (χ2v) is 4.57. The summed E-state index contributed by atoms with van der Waals surface area (Å²) >= 11 is 0. The van der Waals surface area contributed by atoms with Gasteiger partial charge in [-0.05, 0) is 6.92 Å². The van der Waals surface area contributed by atoms with Crippen molar-refractivity contribution >= 4 is 5.97 Å². The van der Waals surface area contributed by atoms with Crippen LogP contribution in [0.15, 0.2) is 6.20 Å². The molecule has 3 rings (SSSR count). The molecule has 0 spiro atoms. The second-order valence-electron chi connectivity index (χ2n) is 4.57. The van der Waals surface area contributed by atoms with E-state index in [0.29, 0.717) is 25.2 Å². The minimum absolute atomic E-state index is 0.0675.